The van der Waals surface area contributed by atoms with Crippen molar-refractivity contribution in [2.45, 2.75) is 47.1 Å². The van der Waals surface area contributed by atoms with Gasteiger partial charge in [0.1, 0.15) is 0 Å². The number of aliphatic hydroxyl groups excluding tert-OH is 1. The molecule has 0 spiro atoms. The zero-order chi connectivity index (χ0) is 9.99. The maximum atomic E-state index is 10.0. The summed E-state index contributed by atoms with van der Waals surface area (Å²) in [6.07, 6.45) is 0.637. The highest BCUT2D eigenvalue weighted by Gasteiger charge is 2.37. The van der Waals surface area contributed by atoms with Gasteiger partial charge in [-0.25, -0.2) is 0 Å². The van der Waals surface area contributed by atoms with Crippen molar-refractivity contribution < 1.29 is 5.11 Å². The molecule has 0 fully saturated rings. The molecule has 0 aliphatic carbocycles. The Kier molecular flexibility index (Phi) is 3.73. The van der Waals surface area contributed by atoms with Crippen LogP contribution in [-0.4, -0.2) is 17.8 Å². The Morgan fingerprint density at radius 1 is 1.17 bits per heavy atom. The van der Waals surface area contributed by atoms with E-state index < -0.39 is 0 Å². The first-order valence-corrected chi connectivity index (χ1v) is 4.66. The lowest BCUT2D eigenvalue weighted by molar-refractivity contribution is -0.0384. The van der Waals surface area contributed by atoms with Crippen molar-refractivity contribution in [2.75, 3.05) is 6.54 Å². The van der Waals surface area contributed by atoms with Crippen molar-refractivity contribution in [3.05, 3.63) is 0 Å². The Labute approximate surface area is 76.2 Å². The summed E-state index contributed by atoms with van der Waals surface area (Å²) < 4.78 is 0. The van der Waals surface area contributed by atoms with Gasteiger partial charge in [-0.3, -0.25) is 0 Å². The van der Waals surface area contributed by atoms with Gasteiger partial charge in [0.2, 0.25) is 0 Å². The smallest absolute Gasteiger partial charge is 0.0653 e. The Balaban J connectivity index is 4.47. The second kappa shape index (κ2) is 3.75. The van der Waals surface area contributed by atoms with Crippen molar-refractivity contribution >= 4 is 0 Å². The molecule has 0 bridgehead atoms. The van der Waals surface area contributed by atoms with Gasteiger partial charge >= 0.3 is 0 Å². The molecule has 0 amide bonds. The maximum absolute atomic E-state index is 10.0. The number of aliphatic hydroxyl groups is 1. The Hall–Kier alpha value is -0.0800. The van der Waals surface area contributed by atoms with Gasteiger partial charge in [-0.05, 0) is 18.4 Å². The minimum atomic E-state index is -0.333. The fraction of sp³-hybridized carbons (Fsp3) is 1.00. The van der Waals surface area contributed by atoms with E-state index in [1.807, 2.05) is 13.8 Å². The largest absolute Gasteiger partial charge is 0.392 e. The van der Waals surface area contributed by atoms with E-state index in [4.69, 9.17) is 5.73 Å². The number of rotatable bonds is 4. The van der Waals surface area contributed by atoms with Gasteiger partial charge in [0.05, 0.1) is 6.10 Å². The predicted octanol–water partition coefficient (Wildman–Crippen LogP) is 1.77. The molecular weight excluding hydrogens is 150 g/mol. The summed E-state index contributed by atoms with van der Waals surface area (Å²) in [5, 5.41) is 10.0. The van der Waals surface area contributed by atoms with Crippen LogP contribution in [-0.2, 0) is 0 Å². The van der Waals surface area contributed by atoms with Gasteiger partial charge in [-0.1, -0.05) is 34.6 Å². The topological polar surface area (TPSA) is 46.2 Å². The highest BCUT2D eigenvalue weighted by molar-refractivity contribution is 4.88. The van der Waals surface area contributed by atoms with Crippen molar-refractivity contribution in [3.63, 3.8) is 0 Å². The van der Waals surface area contributed by atoms with Gasteiger partial charge < -0.3 is 10.8 Å². The van der Waals surface area contributed by atoms with Crippen LogP contribution in [0.2, 0.25) is 0 Å². The number of hydrogen-bond acceptors (Lipinski definition) is 2. The minimum absolute atomic E-state index is 0.0388. The number of nitrogens with two attached hydrogens (primary N) is 1. The van der Waals surface area contributed by atoms with Crippen molar-refractivity contribution in [1.29, 1.82) is 0 Å². The molecule has 0 aliphatic rings. The van der Waals surface area contributed by atoms with Gasteiger partial charge in [0.15, 0.2) is 0 Å². The fourth-order valence-electron chi connectivity index (χ4n) is 1.36. The summed E-state index contributed by atoms with van der Waals surface area (Å²) in [5.74, 6) is 0. The first kappa shape index (κ1) is 11.9. The first-order valence-electron chi connectivity index (χ1n) is 4.66. The van der Waals surface area contributed by atoms with Crippen LogP contribution in [0, 0.1) is 10.8 Å². The highest BCUT2D eigenvalue weighted by atomic mass is 16.3. The van der Waals surface area contributed by atoms with Crippen LogP contribution < -0.4 is 5.73 Å². The van der Waals surface area contributed by atoms with E-state index in [2.05, 4.69) is 20.8 Å². The molecule has 0 aromatic carbocycles. The minimum Gasteiger partial charge on any atom is -0.392 e. The van der Waals surface area contributed by atoms with Crippen LogP contribution in [0.4, 0.5) is 0 Å². The van der Waals surface area contributed by atoms with E-state index >= 15 is 0 Å². The third kappa shape index (κ3) is 2.46. The maximum Gasteiger partial charge on any atom is 0.0653 e. The molecule has 3 N–H and O–H groups in total. The standard InChI is InChI=1S/C10H23NO/c1-6-9(2,3)8(12)10(4,5)7-11/h8,12H,6-7,11H2,1-5H3. The summed E-state index contributed by atoms with van der Waals surface area (Å²) in [5.41, 5.74) is 5.38. The van der Waals surface area contributed by atoms with Crippen molar-refractivity contribution in [2.24, 2.45) is 16.6 Å². The van der Waals surface area contributed by atoms with E-state index in [-0.39, 0.29) is 16.9 Å². The SMILES string of the molecule is CCC(C)(C)C(O)C(C)(C)CN. The molecule has 0 aliphatic heterocycles. The van der Waals surface area contributed by atoms with E-state index in [9.17, 15) is 5.11 Å². The van der Waals surface area contributed by atoms with Crippen molar-refractivity contribution in [1.82, 2.24) is 0 Å². The van der Waals surface area contributed by atoms with Crippen LogP contribution in [0.5, 0.6) is 0 Å². The molecule has 1 unspecified atom stereocenters. The quantitative estimate of drug-likeness (QED) is 0.680. The Morgan fingerprint density at radius 2 is 1.58 bits per heavy atom. The average molecular weight is 173 g/mol. The molecule has 0 rings (SSSR count). The van der Waals surface area contributed by atoms with Gasteiger partial charge in [0, 0.05) is 5.41 Å². The van der Waals surface area contributed by atoms with Crippen LogP contribution in [0.15, 0.2) is 0 Å². The normalized spacial score (nSPS) is 16.2. The van der Waals surface area contributed by atoms with Crippen LogP contribution in [0.1, 0.15) is 41.0 Å². The third-order valence-electron chi connectivity index (χ3n) is 2.92. The fourth-order valence-corrected chi connectivity index (χ4v) is 1.36. The molecule has 0 radical (unpaired) electrons. The molecule has 2 heteroatoms. The Bertz CT molecular complexity index is 125. The molecule has 0 aromatic heterocycles. The van der Waals surface area contributed by atoms with E-state index in [1.54, 1.807) is 0 Å². The lowest BCUT2D eigenvalue weighted by Gasteiger charge is -2.40. The molecule has 0 saturated heterocycles. The third-order valence-corrected chi connectivity index (χ3v) is 2.92. The molecular formula is C10H23NO. The second-order valence-electron chi connectivity index (χ2n) is 4.94. The average Bonchev–Trinajstić information content (AvgIpc) is 2.03. The lowest BCUT2D eigenvalue weighted by atomic mass is 9.71. The summed E-state index contributed by atoms with van der Waals surface area (Å²) in [7, 11) is 0. The highest BCUT2D eigenvalue weighted by Crippen LogP contribution is 2.35. The lowest BCUT2D eigenvalue weighted by Crippen LogP contribution is -2.45. The molecule has 0 aromatic rings. The summed E-state index contributed by atoms with van der Waals surface area (Å²) in [6.45, 7) is 10.8. The number of hydrogen-bond donors (Lipinski definition) is 2. The zero-order valence-electron chi connectivity index (χ0n) is 9.02. The van der Waals surface area contributed by atoms with Gasteiger partial charge in [-0.15, -0.1) is 0 Å². The van der Waals surface area contributed by atoms with E-state index in [1.165, 1.54) is 0 Å². The second-order valence-corrected chi connectivity index (χ2v) is 4.94. The van der Waals surface area contributed by atoms with Gasteiger partial charge in [-0.2, -0.15) is 0 Å². The van der Waals surface area contributed by atoms with Crippen LogP contribution in [0.25, 0.3) is 0 Å². The first-order chi connectivity index (χ1) is 5.28. The van der Waals surface area contributed by atoms with Crippen LogP contribution >= 0.6 is 0 Å². The molecule has 74 valence electrons. The summed E-state index contributed by atoms with van der Waals surface area (Å²) in [6, 6.07) is 0. The molecule has 1 atom stereocenters. The van der Waals surface area contributed by atoms with Crippen molar-refractivity contribution in [3.8, 4) is 0 Å². The zero-order valence-corrected chi connectivity index (χ0v) is 9.02. The Morgan fingerprint density at radius 3 is 1.83 bits per heavy atom. The van der Waals surface area contributed by atoms with Gasteiger partial charge in [0.25, 0.3) is 0 Å². The predicted molar refractivity (Wildman–Crippen MR) is 52.9 cm³/mol. The monoisotopic (exact) mass is 173 g/mol. The molecule has 2 nitrogen and oxygen atoms in total. The molecule has 0 heterocycles. The van der Waals surface area contributed by atoms with E-state index in [0.29, 0.717) is 6.54 Å². The summed E-state index contributed by atoms with van der Waals surface area (Å²) >= 11 is 0. The van der Waals surface area contributed by atoms with E-state index in [0.717, 1.165) is 6.42 Å². The molecule has 12 heavy (non-hydrogen) atoms. The van der Waals surface area contributed by atoms with Crippen LogP contribution in [0.3, 0.4) is 0 Å². The molecule has 0 saturated carbocycles. The summed E-state index contributed by atoms with van der Waals surface area (Å²) in [4.78, 5) is 0.